The molecule has 0 atom stereocenters. The molecule has 0 fully saturated rings. The van der Waals surface area contributed by atoms with Crippen LogP contribution in [-0.2, 0) is 13.0 Å². The standard InChI is InChI=1S/C21H25N5.HI/c1-4-17-10-12-18(13-11-17)24-21(22)23-14-20-15(2)25-26(16(20)3)19-8-6-5-7-9-19;/h5-13H,4,14H2,1-3H3,(H3,22,23,24);1H. The van der Waals surface area contributed by atoms with Crippen LogP contribution in [0.1, 0.15) is 29.4 Å². The van der Waals surface area contributed by atoms with Crippen molar-refractivity contribution in [3.8, 4) is 5.69 Å². The topological polar surface area (TPSA) is 68.2 Å². The average molecular weight is 475 g/mol. The lowest BCUT2D eigenvalue weighted by atomic mass is 10.1. The van der Waals surface area contributed by atoms with Crippen molar-refractivity contribution in [3.63, 3.8) is 0 Å². The Morgan fingerprint density at radius 2 is 1.74 bits per heavy atom. The number of aryl methyl sites for hydroxylation is 2. The van der Waals surface area contributed by atoms with Gasteiger partial charge in [-0.3, -0.25) is 0 Å². The van der Waals surface area contributed by atoms with Gasteiger partial charge in [0.15, 0.2) is 5.96 Å². The number of hydrogen-bond acceptors (Lipinski definition) is 2. The van der Waals surface area contributed by atoms with Crippen molar-refractivity contribution in [2.24, 2.45) is 10.7 Å². The van der Waals surface area contributed by atoms with E-state index in [1.54, 1.807) is 0 Å². The molecule has 0 bridgehead atoms. The molecule has 0 aliphatic carbocycles. The molecule has 0 spiro atoms. The van der Waals surface area contributed by atoms with Gasteiger partial charge in [-0.2, -0.15) is 5.10 Å². The minimum absolute atomic E-state index is 0. The van der Waals surface area contributed by atoms with Crippen LogP contribution in [0.4, 0.5) is 5.69 Å². The first-order valence-corrected chi connectivity index (χ1v) is 8.85. The summed E-state index contributed by atoms with van der Waals surface area (Å²) < 4.78 is 1.95. The SMILES string of the molecule is CCc1ccc(NC(N)=NCc2c(C)nn(-c3ccccc3)c2C)cc1.I. The Balaban J connectivity index is 0.00000261. The van der Waals surface area contributed by atoms with Crippen molar-refractivity contribution in [2.45, 2.75) is 33.7 Å². The average Bonchev–Trinajstić information content (AvgIpc) is 2.95. The minimum atomic E-state index is 0. The summed E-state index contributed by atoms with van der Waals surface area (Å²) in [5.41, 5.74) is 12.5. The zero-order valence-corrected chi connectivity index (χ0v) is 18.3. The number of nitrogens with one attached hydrogen (secondary N) is 1. The summed E-state index contributed by atoms with van der Waals surface area (Å²) in [7, 11) is 0. The third kappa shape index (κ3) is 5.09. The van der Waals surface area contributed by atoms with E-state index in [-0.39, 0.29) is 24.0 Å². The van der Waals surface area contributed by atoms with Crippen LogP contribution in [0.5, 0.6) is 0 Å². The van der Waals surface area contributed by atoms with Crippen molar-refractivity contribution in [1.82, 2.24) is 9.78 Å². The molecule has 0 aliphatic rings. The van der Waals surface area contributed by atoms with Gasteiger partial charge >= 0.3 is 0 Å². The highest BCUT2D eigenvalue weighted by Crippen LogP contribution is 2.18. The Hall–Kier alpha value is -2.35. The van der Waals surface area contributed by atoms with Crippen molar-refractivity contribution >= 4 is 35.6 Å². The van der Waals surface area contributed by atoms with E-state index in [2.05, 4.69) is 41.4 Å². The van der Waals surface area contributed by atoms with Crippen LogP contribution < -0.4 is 11.1 Å². The van der Waals surface area contributed by atoms with Crippen LogP contribution in [0.25, 0.3) is 5.69 Å². The van der Waals surface area contributed by atoms with E-state index in [1.165, 1.54) is 5.56 Å². The van der Waals surface area contributed by atoms with E-state index in [9.17, 15) is 0 Å². The van der Waals surface area contributed by atoms with Gasteiger partial charge in [-0.15, -0.1) is 24.0 Å². The van der Waals surface area contributed by atoms with Gasteiger partial charge in [-0.1, -0.05) is 37.3 Å². The summed E-state index contributed by atoms with van der Waals surface area (Å²) in [5.74, 6) is 0.403. The predicted octanol–water partition coefficient (Wildman–Crippen LogP) is 4.60. The second kappa shape index (κ2) is 9.55. The highest BCUT2D eigenvalue weighted by Gasteiger charge is 2.12. The summed E-state index contributed by atoms with van der Waals surface area (Å²) in [5, 5.41) is 7.79. The maximum Gasteiger partial charge on any atom is 0.193 e. The van der Waals surface area contributed by atoms with Gasteiger partial charge in [-0.05, 0) is 50.1 Å². The number of rotatable bonds is 5. The Kier molecular flexibility index (Phi) is 7.41. The molecule has 3 aromatic rings. The van der Waals surface area contributed by atoms with Crippen LogP contribution in [0.3, 0.4) is 0 Å². The first-order chi connectivity index (χ1) is 12.6. The number of aliphatic imine (C=N–C) groups is 1. The van der Waals surface area contributed by atoms with Gasteiger partial charge in [0.1, 0.15) is 0 Å². The second-order valence-electron chi connectivity index (χ2n) is 6.27. The number of nitrogens with zero attached hydrogens (tertiary/aromatic N) is 3. The summed E-state index contributed by atoms with van der Waals surface area (Å²) in [6, 6.07) is 18.3. The molecule has 3 rings (SSSR count). The molecule has 0 saturated heterocycles. The van der Waals surface area contributed by atoms with Crippen LogP contribution in [0, 0.1) is 13.8 Å². The maximum absolute atomic E-state index is 6.05. The van der Waals surface area contributed by atoms with E-state index in [1.807, 2.05) is 54.1 Å². The normalized spacial score (nSPS) is 11.1. The molecule has 1 aromatic heterocycles. The summed E-state index contributed by atoms with van der Waals surface area (Å²) >= 11 is 0. The Morgan fingerprint density at radius 1 is 1.07 bits per heavy atom. The summed E-state index contributed by atoms with van der Waals surface area (Å²) in [6.07, 6.45) is 1.02. The monoisotopic (exact) mass is 475 g/mol. The largest absolute Gasteiger partial charge is 0.370 e. The molecule has 0 unspecified atom stereocenters. The van der Waals surface area contributed by atoms with E-state index in [4.69, 9.17) is 5.73 Å². The van der Waals surface area contributed by atoms with E-state index in [0.717, 1.165) is 34.7 Å². The molecule has 1 heterocycles. The number of hydrogen-bond donors (Lipinski definition) is 2. The zero-order chi connectivity index (χ0) is 18.5. The number of halogens is 1. The van der Waals surface area contributed by atoms with E-state index in [0.29, 0.717) is 12.5 Å². The molecule has 6 heteroatoms. The molecular weight excluding hydrogens is 449 g/mol. The summed E-state index contributed by atoms with van der Waals surface area (Å²) in [6.45, 7) is 6.70. The number of anilines is 1. The lowest BCUT2D eigenvalue weighted by Crippen LogP contribution is -2.22. The van der Waals surface area contributed by atoms with Crippen molar-refractivity contribution < 1.29 is 0 Å². The highest BCUT2D eigenvalue weighted by molar-refractivity contribution is 14.0. The molecule has 0 saturated carbocycles. The van der Waals surface area contributed by atoms with Gasteiger partial charge in [0, 0.05) is 16.9 Å². The lowest BCUT2D eigenvalue weighted by molar-refractivity contribution is 0.832. The smallest absolute Gasteiger partial charge is 0.193 e. The van der Waals surface area contributed by atoms with Crippen molar-refractivity contribution in [2.75, 3.05) is 5.32 Å². The second-order valence-corrected chi connectivity index (χ2v) is 6.27. The van der Waals surface area contributed by atoms with Gasteiger partial charge in [0.2, 0.25) is 0 Å². The van der Waals surface area contributed by atoms with E-state index < -0.39 is 0 Å². The fourth-order valence-corrected chi connectivity index (χ4v) is 2.90. The van der Waals surface area contributed by atoms with Crippen LogP contribution >= 0.6 is 24.0 Å². The maximum atomic E-state index is 6.05. The molecule has 3 N–H and O–H groups in total. The van der Waals surface area contributed by atoms with Crippen LogP contribution in [0.15, 0.2) is 59.6 Å². The molecule has 0 aliphatic heterocycles. The molecule has 2 aromatic carbocycles. The third-order valence-electron chi connectivity index (χ3n) is 4.48. The minimum Gasteiger partial charge on any atom is -0.370 e. The summed E-state index contributed by atoms with van der Waals surface area (Å²) in [4.78, 5) is 4.49. The fraction of sp³-hybridized carbons (Fsp3) is 0.238. The van der Waals surface area contributed by atoms with Gasteiger partial charge < -0.3 is 11.1 Å². The molecule has 0 amide bonds. The number of guanidine groups is 1. The molecule has 27 heavy (non-hydrogen) atoms. The third-order valence-corrected chi connectivity index (χ3v) is 4.48. The molecule has 5 nitrogen and oxygen atoms in total. The first kappa shape index (κ1) is 21.0. The number of aromatic nitrogens is 2. The van der Waals surface area contributed by atoms with Crippen LogP contribution in [0.2, 0.25) is 0 Å². The Labute approximate surface area is 177 Å². The predicted molar refractivity (Wildman–Crippen MR) is 123 cm³/mol. The molecule has 142 valence electrons. The van der Waals surface area contributed by atoms with Crippen molar-refractivity contribution in [1.29, 1.82) is 0 Å². The number of para-hydroxylation sites is 1. The molecular formula is C21H26IN5. The number of benzene rings is 2. The lowest BCUT2D eigenvalue weighted by Gasteiger charge is -2.07. The zero-order valence-electron chi connectivity index (χ0n) is 15.9. The Morgan fingerprint density at radius 3 is 2.37 bits per heavy atom. The van der Waals surface area contributed by atoms with Crippen LogP contribution in [-0.4, -0.2) is 15.7 Å². The van der Waals surface area contributed by atoms with Gasteiger partial charge in [0.25, 0.3) is 0 Å². The first-order valence-electron chi connectivity index (χ1n) is 8.85. The van der Waals surface area contributed by atoms with Gasteiger partial charge in [0.05, 0.1) is 17.9 Å². The highest BCUT2D eigenvalue weighted by atomic mass is 127. The van der Waals surface area contributed by atoms with Crippen molar-refractivity contribution in [3.05, 3.63) is 77.1 Å². The Bertz CT molecular complexity index is 898. The number of nitrogens with two attached hydrogens (primary N) is 1. The molecule has 0 radical (unpaired) electrons. The van der Waals surface area contributed by atoms with E-state index >= 15 is 0 Å². The fourth-order valence-electron chi connectivity index (χ4n) is 2.90. The van der Waals surface area contributed by atoms with Gasteiger partial charge in [-0.25, -0.2) is 9.67 Å². The quantitative estimate of drug-likeness (QED) is 0.322.